The Morgan fingerprint density at radius 2 is 1.74 bits per heavy atom. The van der Waals surface area contributed by atoms with Crippen molar-refractivity contribution in [1.29, 1.82) is 0 Å². The van der Waals surface area contributed by atoms with Gasteiger partial charge in [-0.05, 0) is 29.8 Å². The summed E-state index contributed by atoms with van der Waals surface area (Å²) < 4.78 is 0. The molecule has 0 radical (unpaired) electrons. The number of aromatic nitrogens is 2. The zero-order valence-corrected chi connectivity index (χ0v) is 15.9. The Bertz CT molecular complexity index is 1000. The second kappa shape index (κ2) is 8.39. The van der Waals surface area contributed by atoms with Crippen LogP contribution in [0.25, 0.3) is 0 Å². The lowest BCUT2D eigenvalue weighted by molar-refractivity contribution is -0.383. The summed E-state index contributed by atoms with van der Waals surface area (Å²) in [7, 11) is 0. The van der Waals surface area contributed by atoms with Crippen LogP contribution < -0.4 is 10.6 Å². The summed E-state index contributed by atoms with van der Waals surface area (Å²) in [5.41, 5.74) is 0.850. The Hall–Kier alpha value is -2.61. The lowest BCUT2D eigenvalue weighted by Crippen LogP contribution is -2.08. The van der Waals surface area contributed by atoms with Crippen LogP contribution in [0.2, 0.25) is 15.1 Å². The van der Waals surface area contributed by atoms with Crippen LogP contribution in [-0.4, -0.2) is 14.9 Å². The van der Waals surface area contributed by atoms with E-state index in [1.165, 1.54) is 6.33 Å². The summed E-state index contributed by atoms with van der Waals surface area (Å²) in [5.74, 6) is 0.0383. The number of hydrogen-bond acceptors (Lipinski definition) is 6. The fourth-order valence-corrected chi connectivity index (χ4v) is 2.85. The van der Waals surface area contributed by atoms with Crippen molar-refractivity contribution < 1.29 is 4.92 Å². The highest BCUT2D eigenvalue weighted by Gasteiger charge is 2.23. The predicted octanol–water partition coefficient (Wildman–Crippen LogP) is 5.70. The fraction of sp³-hybridized carbons (Fsp3) is 0.0588. The molecule has 10 heteroatoms. The van der Waals surface area contributed by atoms with Gasteiger partial charge in [0.25, 0.3) is 0 Å². The number of nitro groups is 1. The van der Waals surface area contributed by atoms with Crippen LogP contribution in [0, 0.1) is 10.1 Å². The second-order valence-electron chi connectivity index (χ2n) is 5.37. The van der Waals surface area contributed by atoms with Crippen LogP contribution >= 0.6 is 34.8 Å². The Balaban J connectivity index is 1.92. The molecule has 0 saturated carbocycles. The molecule has 3 aromatic rings. The SMILES string of the molecule is O=[N+]([O-])c1c(NCc2ccccc2Cl)ncnc1Nc1cc(Cl)ccc1Cl. The molecule has 0 unspecified atom stereocenters. The molecule has 0 bridgehead atoms. The first-order valence-corrected chi connectivity index (χ1v) is 8.78. The lowest BCUT2D eigenvalue weighted by atomic mass is 10.2. The van der Waals surface area contributed by atoms with Gasteiger partial charge in [0.1, 0.15) is 6.33 Å². The topological polar surface area (TPSA) is 93.0 Å². The zero-order chi connectivity index (χ0) is 19.4. The van der Waals surface area contributed by atoms with Gasteiger partial charge in [-0.2, -0.15) is 0 Å². The second-order valence-corrected chi connectivity index (χ2v) is 6.62. The summed E-state index contributed by atoms with van der Waals surface area (Å²) in [4.78, 5) is 19.0. The normalized spacial score (nSPS) is 10.5. The summed E-state index contributed by atoms with van der Waals surface area (Å²) in [6, 6.07) is 11.9. The maximum atomic E-state index is 11.6. The minimum Gasteiger partial charge on any atom is -0.360 e. The summed E-state index contributed by atoms with van der Waals surface area (Å²) in [6.07, 6.45) is 1.21. The molecular formula is C17H12Cl3N5O2. The maximum absolute atomic E-state index is 11.6. The van der Waals surface area contributed by atoms with Crippen LogP contribution in [0.1, 0.15) is 5.56 Å². The number of hydrogen-bond donors (Lipinski definition) is 2. The average Bonchev–Trinajstić information content (AvgIpc) is 2.64. The molecular weight excluding hydrogens is 413 g/mol. The van der Waals surface area contributed by atoms with Crippen LogP contribution in [0.3, 0.4) is 0 Å². The molecule has 0 aliphatic heterocycles. The van der Waals surface area contributed by atoms with Crippen molar-refractivity contribution in [3.63, 3.8) is 0 Å². The molecule has 0 aliphatic carbocycles. The number of benzene rings is 2. The molecule has 2 N–H and O–H groups in total. The Morgan fingerprint density at radius 3 is 2.48 bits per heavy atom. The standard InChI is InChI=1S/C17H12Cl3N5O2/c18-11-5-6-13(20)14(7-11)24-17-15(25(26)27)16(22-9-23-17)21-8-10-3-1-2-4-12(10)19/h1-7,9H,8H2,(H2,21,22,23,24). The predicted molar refractivity (Wildman–Crippen MR) is 107 cm³/mol. The molecule has 0 fully saturated rings. The quantitative estimate of drug-likeness (QED) is 0.389. The van der Waals surface area contributed by atoms with Gasteiger partial charge in [0.2, 0.25) is 11.6 Å². The first-order valence-electron chi connectivity index (χ1n) is 7.64. The van der Waals surface area contributed by atoms with Gasteiger partial charge in [0.05, 0.1) is 15.6 Å². The number of nitrogens with one attached hydrogen (secondary N) is 2. The summed E-state index contributed by atoms with van der Waals surface area (Å²) in [6.45, 7) is 0.259. The highest BCUT2D eigenvalue weighted by molar-refractivity contribution is 6.35. The van der Waals surface area contributed by atoms with E-state index >= 15 is 0 Å². The number of nitrogens with zero attached hydrogens (tertiary/aromatic N) is 3. The van der Waals surface area contributed by atoms with E-state index in [-0.39, 0.29) is 23.9 Å². The van der Waals surface area contributed by atoms with Crippen LogP contribution in [0.4, 0.5) is 23.0 Å². The van der Waals surface area contributed by atoms with Gasteiger partial charge in [0.15, 0.2) is 0 Å². The number of anilines is 3. The molecule has 0 amide bonds. The van der Waals surface area contributed by atoms with E-state index in [9.17, 15) is 10.1 Å². The third-order valence-electron chi connectivity index (χ3n) is 3.59. The van der Waals surface area contributed by atoms with Gasteiger partial charge >= 0.3 is 5.69 Å². The van der Waals surface area contributed by atoms with Crippen molar-refractivity contribution in [1.82, 2.24) is 9.97 Å². The molecule has 1 heterocycles. The molecule has 1 aromatic heterocycles. The lowest BCUT2D eigenvalue weighted by Gasteiger charge is -2.11. The smallest absolute Gasteiger partial charge is 0.353 e. The van der Waals surface area contributed by atoms with Gasteiger partial charge < -0.3 is 10.6 Å². The molecule has 0 atom stereocenters. The third kappa shape index (κ3) is 4.57. The van der Waals surface area contributed by atoms with Gasteiger partial charge in [-0.15, -0.1) is 0 Å². The van der Waals surface area contributed by atoms with Gasteiger partial charge in [-0.25, -0.2) is 9.97 Å². The third-order valence-corrected chi connectivity index (χ3v) is 4.52. The highest BCUT2D eigenvalue weighted by atomic mass is 35.5. The Kier molecular flexibility index (Phi) is 5.95. The van der Waals surface area contributed by atoms with E-state index in [2.05, 4.69) is 20.6 Å². The molecule has 0 spiro atoms. The molecule has 7 nitrogen and oxygen atoms in total. The average molecular weight is 425 g/mol. The first kappa shape index (κ1) is 19.2. The molecule has 2 aromatic carbocycles. The molecule has 0 saturated heterocycles. The number of halogens is 3. The van der Waals surface area contributed by atoms with Crippen molar-refractivity contribution in [3.8, 4) is 0 Å². The molecule has 3 rings (SSSR count). The summed E-state index contributed by atoms with van der Waals surface area (Å²) in [5, 5.41) is 18.7. The van der Waals surface area contributed by atoms with Crippen molar-refractivity contribution in [2.24, 2.45) is 0 Å². The van der Waals surface area contributed by atoms with E-state index < -0.39 is 4.92 Å². The Labute approximate surface area is 169 Å². The van der Waals surface area contributed by atoms with E-state index in [1.807, 2.05) is 12.1 Å². The van der Waals surface area contributed by atoms with Crippen molar-refractivity contribution in [2.45, 2.75) is 6.54 Å². The highest BCUT2D eigenvalue weighted by Crippen LogP contribution is 2.34. The van der Waals surface area contributed by atoms with Crippen molar-refractivity contribution >= 4 is 57.8 Å². The van der Waals surface area contributed by atoms with E-state index in [0.717, 1.165) is 5.56 Å². The largest absolute Gasteiger partial charge is 0.360 e. The molecule has 138 valence electrons. The van der Waals surface area contributed by atoms with Crippen LogP contribution in [0.5, 0.6) is 0 Å². The van der Waals surface area contributed by atoms with E-state index in [0.29, 0.717) is 20.8 Å². The van der Waals surface area contributed by atoms with Gasteiger partial charge in [-0.1, -0.05) is 53.0 Å². The van der Waals surface area contributed by atoms with Gasteiger partial charge in [-0.3, -0.25) is 10.1 Å². The maximum Gasteiger partial charge on any atom is 0.353 e. The van der Waals surface area contributed by atoms with E-state index in [1.54, 1.807) is 30.3 Å². The monoisotopic (exact) mass is 423 g/mol. The molecule has 0 aliphatic rings. The van der Waals surface area contributed by atoms with Crippen molar-refractivity contribution in [2.75, 3.05) is 10.6 Å². The van der Waals surface area contributed by atoms with Crippen LogP contribution in [0.15, 0.2) is 48.8 Å². The molecule has 27 heavy (non-hydrogen) atoms. The van der Waals surface area contributed by atoms with Crippen molar-refractivity contribution in [3.05, 3.63) is 79.5 Å². The Morgan fingerprint density at radius 1 is 1.00 bits per heavy atom. The first-order chi connectivity index (χ1) is 13.0. The number of rotatable bonds is 6. The van der Waals surface area contributed by atoms with Crippen LogP contribution in [-0.2, 0) is 6.54 Å². The fourth-order valence-electron chi connectivity index (χ4n) is 2.31. The minimum atomic E-state index is -0.574. The minimum absolute atomic E-state index is 0.0131. The zero-order valence-electron chi connectivity index (χ0n) is 13.6. The summed E-state index contributed by atoms with van der Waals surface area (Å²) >= 11 is 18.2. The van der Waals surface area contributed by atoms with E-state index in [4.69, 9.17) is 34.8 Å². The van der Waals surface area contributed by atoms with Gasteiger partial charge in [0, 0.05) is 16.6 Å².